The van der Waals surface area contributed by atoms with Crippen LogP contribution in [0.25, 0.3) is 6.08 Å². The largest absolute Gasteiger partial charge is 0.341 e. The van der Waals surface area contributed by atoms with E-state index in [-0.39, 0.29) is 0 Å². The molecule has 1 heterocycles. The van der Waals surface area contributed by atoms with E-state index >= 15 is 0 Å². The minimum absolute atomic E-state index is 0.984. The second kappa shape index (κ2) is 5.54. The lowest BCUT2D eigenvalue weighted by Crippen LogP contribution is -2.23. The smallest absolute Gasteiger partial charge is 0.0484 e. The molecule has 0 aromatic heterocycles. The van der Waals surface area contributed by atoms with Crippen LogP contribution in [0.2, 0.25) is 0 Å². The molecular weight excluding hydrogens is 218 g/mol. The van der Waals surface area contributed by atoms with Gasteiger partial charge in [-0.25, -0.2) is 0 Å². The van der Waals surface area contributed by atoms with E-state index in [0.717, 1.165) is 24.2 Å². The Kier molecular flexibility index (Phi) is 3.83. The van der Waals surface area contributed by atoms with Gasteiger partial charge in [-0.3, -0.25) is 0 Å². The minimum atomic E-state index is 0.984. The SMILES string of the molecule is C=CC1=C(C=C)N(CCC)c2ccccc2C=C1. The Morgan fingerprint density at radius 1 is 1.11 bits per heavy atom. The van der Waals surface area contributed by atoms with Gasteiger partial charge in [-0.05, 0) is 29.7 Å². The van der Waals surface area contributed by atoms with Gasteiger partial charge in [-0.2, -0.15) is 0 Å². The van der Waals surface area contributed by atoms with E-state index in [9.17, 15) is 0 Å². The molecule has 1 aromatic carbocycles. The van der Waals surface area contributed by atoms with Crippen molar-refractivity contribution in [1.29, 1.82) is 0 Å². The number of anilines is 1. The van der Waals surface area contributed by atoms with Crippen molar-refractivity contribution in [2.45, 2.75) is 13.3 Å². The Labute approximate surface area is 109 Å². The van der Waals surface area contributed by atoms with E-state index in [1.165, 1.54) is 11.3 Å². The van der Waals surface area contributed by atoms with Crippen molar-refractivity contribution in [3.63, 3.8) is 0 Å². The Hall–Kier alpha value is -2.02. The first kappa shape index (κ1) is 12.4. The van der Waals surface area contributed by atoms with Crippen molar-refractivity contribution in [1.82, 2.24) is 0 Å². The van der Waals surface area contributed by atoms with Crippen LogP contribution in [0.15, 0.2) is 66.9 Å². The first-order chi connectivity index (χ1) is 8.81. The van der Waals surface area contributed by atoms with E-state index in [1.54, 1.807) is 0 Å². The molecule has 0 saturated carbocycles. The lowest BCUT2D eigenvalue weighted by Gasteiger charge is -2.27. The first-order valence-electron chi connectivity index (χ1n) is 6.35. The van der Waals surface area contributed by atoms with E-state index < -0.39 is 0 Å². The maximum Gasteiger partial charge on any atom is 0.0484 e. The van der Waals surface area contributed by atoms with Crippen LogP contribution in [-0.2, 0) is 0 Å². The lowest BCUT2D eigenvalue weighted by atomic mass is 10.1. The second-order valence-corrected chi connectivity index (χ2v) is 4.29. The molecule has 0 spiro atoms. The normalized spacial score (nSPS) is 14.2. The fraction of sp³-hybridized carbons (Fsp3) is 0.176. The molecule has 0 bridgehead atoms. The Bertz CT molecular complexity index is 520. The summed E-state index contributed by atoms with van der Waals surface area (Å²) in [7, 11) is 0. The van der Waals surface area contributed by atoms with E-state index in [0.29, 0.717) is 0 Å². The summed E-state index contributed by atoms with van der Waals surface area (Å²) < 4.78 is 0. The maximum atomic E-state index is 3.95. The number of benzene rings is 1. The Balaban J connectivity index is 2.62. The van der Waals surface area contributed by atoms with Crippen LogP contribution in [0.1, 0.15) is 18.9 Å². The van der Waals surface area contributed by atoms with E-state index in [4.69, 9.17) is 0 Å². The molecule has 1 aromatic rings. The summed E-state index contributed by atoms with van der Waals surface area (Å²) in [5.74, 6) is 0. The number of nitrogens with zero attached hydrogens (tertiary/aromatic N) is 1. The van der Waals surface area contributed by atoms with Crippen molar-refractivity contribution < 1.29 is 0 Å². The van der Waals surface area contributed by atoms with Gasteiger partial charge < -0.3 is 4.90 Å². The van der Waals surface area contributed by atoms with Crippen LogP contribution < -0.4 is 4.90 Å². The summed E-state index contributed by atoms with van der Waals surface area (Å²) in [5.41, 5.74) is 4.73. The van der Waals surface area contributed by atoms with Gasteiger partial charge in [0.1, 0.15) is 0 Å². The molecule has 1 nitrogen and oxygen atoms in total. The zero-order valence-corrected chi connectivity index (χ0v) is 10.9. The molecule has 92 valence electrons. The summed E-state index contributed by atoms with van der Waals surface area (Å²) >= 11 is 0. The molecule has 1 aliphatic rings. The molecule has 0 saturated heterocycles. The summed E-state index contributed by atoms with van der Waals surface area (Å²) in [6.45, 7) is 11.0. The molecule has 18 heavy (non-hydrogen) atoms. The van der Waals surface area contributed by atoms with Gasteiger partial charge in [0.2, 0.25) is 0 Å². The molecule has 1 heteroatoms. The van der Waals surface area contributed by atoms with Crippen molar-refractivity contribution in [2.75, 3.05) is 11.4 Å². The second-order valence-electron chi connectivity index (χ2n) is 4.29. The zero-order chi connectivity index (χ0) is 13.0. The van der Waals surface area contributed by atoms with Gasteiger partial charge in [0, 0.05) is 17.9 Å². The fourth-order valence-electron chi connectivity index (χ4n) is 2.29. The number of para-hydroxylation sites is 1. The van der Waals surface area contributed by atoms with Gasteiger partial charge in [-0.1, -0.05) is 56.5 Å². The summed E-state index contributed by atoms with van der Waals surface area (Å²) in [6, 6.07) is 8.45. The lowest BCUT2D eigenvalue weighted by molar-refractivity contribution is 0.858. The van der Waals surface area contributed by atoms with Gasteiger partial charge in [0.25, 0.3) is 0 Å². The number of hydrogen-bond donors (Lipinski definition) is 0. The third-order valence-electron chi connectivity index (χ3n) is 3.12. The fourth-order valence-corrected chi connectivity index (χ4v) is 2.29. The monoisotopic (exact) mass is 237 g/mol. The van der Waals surface area contributed by atoms with Crippen LogP contribution in [0.3, 0.4) is 0 Å². The Morgan fingerprint density at radius 2 is 1.89 bits per heavy atom. The van der Waals surface area contributed by atoms with Crippen molar-refractivity contribution >= 4 is 11.8 Å². The standard InChI is InChI=1S/C17H19N/c1-4-13-18-16(6-3)14(5-2)11-12-15-9-7-8-10-17(15)18/h5-12H,2-4,13H2,1H3. The van der Waals surface area contributed by atoms with E-state index in [1.807, 2.05) is 12.2 Å². The van der Waals surface area contributed by atoms with Crippen molar-refractivity contribution in [3.05, 3.63) is 72.5 Å². The quantitative estimate of drug-likeness (QED) is 0.742. The average Bonchev–Trinajstić information content (AvgIpc) is 2.56. The van der Waals surface area contributed by atoms with E-state index in [2.05, 4.69) is 61.4 Å². The number of fused-ring (bicyclic) bond motifs is 1. The first-order valence-corrected chi connectivity index (χ1v) is 6.35. The van der Waals surface area contributed by atoms with Crippen LogP contribution >= 0.6 is 0 Å². The highest BCUT2D eigenvalue weighted by molar-refractivity contribution is 5.75. The highest BCUT2D eigenvalue weighted by atomic mass is 15.1. The molecule has 0 atom stereocenters. The van der Waals surface area contributed by atoms with Crippen LogP contribution in [0.4, 0.5) is 5.69 Å². The molecular formula is C17H19N. The third-order valence-corrected chi connectivity index (χ3v) is 3.12. The Morgan fingerprint density at radius 3 is 2.56 bits per heavy atom. The van der Waals surface area contributed by atoms with Gasteiger partial charge in [-0.15, -0.1) is 0 Å². The molecule has 0 unspecified atom stereocenters. The predicted molar refractivity (Wildman–Crippen MR) is 80.5 cm³/mol. The molecule has 0 amide bonds. The summed E-state index contributed by atoms with van der Waals surface area (Å²) in [5, 5.41) is 0. The molecule has 2 rings (SSSR count). The minimum Gasteiger partial charge on any atom is -0.341 e. The molecule has 0 aliphatic carbocycles. The number of rotatable bonds is 4. The van der Waals surface area contributed by atoms with Crippen molar-refractivity contribution in [2.24, 2.45) is 0 Å². The molecule has 0 N–H and O–H groups in total. The van der Waals surface area contributed by atoms with Gasteiger partial charge >= 0.3 is 0 Å². The summed E-state index contributed by atoms with van der Waals surface area (Å²) in [4.78, 5) is 2.32. The molecule has 0 fully saturated rings. The van der Waals surface area contributed by atoms with Gasteiger partial charge in [0.15, 0.2) is 0 Å². The van der Waals surface area contributed by atoms with Crippen LogP contribution in [0.5, 0.6) is 0 Å². The van der Waals surface area contributed by atoms with Crippen LogP contribution in [0, 0.1) is 0 Å². The maximum absolute atomic E-state index is 3.95. The third kappa shape index (κ3) is 2.17. The van der Waals surface area contributed by atoms with Gasteiger partial charge in [0.05, 0.1) is 0 Å². The zero-order valence-electron chi connectivity index (χ0n) is 10.9. The highest BCUT2D eigenvalue weighted by Crippen LogP contribution is 2.31. The number of hydrogen-bond acceptors (Lipinski definition) is 1. The number of allylic oxidation sites excluding steroid dienone is 4. The highest BCUT2D eigenvalue weighted by Gasteiger charge is 2.16. The van der Waals surface area contributed by atoms with Crippen molar-refractivity contribution in [3.8, 4) is 0 Å². The summed E-state index contributed by atoms with van der Waals surface area (Å²) in [6.07, 6.45) is 9.15. The molecule has 1 aliphatic heterocycles. The predicted octanol–water partition coefficient (Wildman–Crippen LogP) is 4.56. The molecule has 0 radical (unpaired) electrons. The topological polar surface area (TPSA) is 3.24 Å². The van der Waals surface area contributed by atoms with Crippen LogP contribution in [-0.4, -0.2) is 6.54 Å². The average molecular weight is 237 g/mol.